The van der Waals surface area contributed by atoms with Gasteiger partial charge in [0.1, 0.15) is 6.10 Å². The van der Waals surface area contributed by atoms with Gasteiger partial charge in [-0.2, -0.15) is 4.98 Å². The van der Waals surface area contributed by atoms with Gasteiger partial charge in [0.05, 0.1) is 29.2 Å². The molecule has 5 N–H and O–H groups in total. The van der Waals surface area contributed by atoms with Crippen molar-refractivity contribution in [3.8, 4) is 0 Å². The third kappa shape index (κ3) is 2.09. The lowest BCUT2D eigenvalue weighted by atomic mass is 9.81. The number of anilines is 2. The number of hydrogen-bond acceptors (Lipinski definition) is 9. The lowest BCUT2D eigenvalue weighted by Gasteiger charge is -2.31. The van der Waals surface area contributed by atoms with E-state index in [1.807, 2.05) is 0 Å². The Morgan fingerprint density at radius 2 is 2.27 bits per heavy atom. The summed E-state index contributed by atoms with van der Waals surface area (Å²) in [5.41, 5.74) is 4.65. The van der Waals surface area contributed by atoms with Gasteiger partial charge in [-0.1, -0.05) is 25.3 Å². The van der Waals surface area contributed by atoms with E-state index in [1.54, 1.807) is 18.0 Å². The number of nitrogens with two attached hydrogens (primary N) is 1. The number of thioether (sulfide) groups is 1. The molecule has 0 unspecified atom stereocenters. The molecule has 9 heteroatoms. The van der Waals surface area contributed by atoms with Gasteiger partial charge in [0.25, 0.3) is 0 Å². The topological polar surface area (TPSA) is 125 Å². The zero-order valence-electron chi connectivity index (χ0n) is 12.0. The molecule has 0 radical (unpaired) electrons. The van der Waals surface area contributed by atoms with E-state index in [4.69, 9.17) is 10.5 Å². The standard InChI is InChI=1S/C13H18N4O4S/c1-6-17(10-7(22-6)3-15-12(14)16-10)11-9(20)13(2,5-19)8(4-18)21-11/h3,8-9,11,18-20H,1,4-5H2,2H3,(H2,14,15,16)/t8-,9+,11-,13-/m1/s1. The molecule has 1 aromatic rings. The van der Waals surface area contributed by atoms with Crippen LogP contribution in [0.3, 0.4) is 0 Å². The van der Waals surface area contributed by atoms with Crippen LogP contribution < -0.4 is 10.6 Å². The normalized spacial score (nSPS) is 34.3. The summed E-state index contributed by atoms with van der Waals surface area (Å²) in [5.74, 6) is 0.612. The van der Waals surface area contributed by atoms with Crippen molar-refractivity contribution in [3.63, 3.8) is 0 Å². The van der Waals surface area contributed by atoms with Gasteiger partial charge in [0, 0.05) is 11.6 Å². The Morgan fingerprint density at radius 3 is 2.86 bits per heavy atom. The Morgan fingerprint density at radius 1 is 1.55 bits per heavy atom. The van der Waals surface area contributed by atoms with E-state index in [1.165, 1.54) is 11.8 Å². The number of fused-ring (bicyclic) bond motifs is 1. The summed E-state index contributed by atoms with van der Waals surface area (Å²) in [4.78, 5) is 10.5. The van der Waals surface area contributed by atoms with Gasteiger partial charge < -0.3 is 25.8 Å². The van der Waals surface area contributed by atoms with E-state index in [9.17, 15) is 15.3 Å². The van der Waals surface area contributed by atoms with Crippen LogP contribution >= 0.6 is 11.8 Å². The smallest absolute Gasteiger partial charge is 0.222 e. The molecule has 4 atom stereocenters. The van der Waals surface area contributed by atoms with Gasteiger partial charge >= 0.3 is 0 Å². The molecule has 8 nitrogen and oxygen atoms in total. The number of nitrogens with zero attached hydrogens (tertiary/aromatic N) is 3. The summed E-state index contributed by atoms with van der Waals surface area (Å²) in [5, 5.41) is 30.3. The summed E-state index contributed by atoms with van der Waals surface area (Å²) in [6, 6.07) is 0. The van der Waals surface area contributed by atoms with Gasteiger partial charge in [-0.15, -0.1) is 0 Å². The van der Waals surface area contributed by atoms with Crippen molar-refractivity contribution in [2.45, 2.75) is 30.3 Å². The van der Waals surface area contributed by atoms with Crippen LogP contribution in [0.15, 0.2) is 22.7 Å². The number of aromatic nitrogens is 2. The molecular formula is C13H18N4O4S. The number of hydrogen-bond donors (Lipinski definition) is 4. The maximum absolute atomic E-state index is 10.6. The third-order valence-corrected chi connectivity index (χ3v) is 5.17. The fourth-order valence-corrected chi connectivity index (χ4v) is 3.62. The average Bonchev–Trinajstić information content (AvgIpc) is 2.94. The van der Waals surface area contributed by atoms with Gasteiger partial charge in [-0.3, -0.25) is 4.90 Å². The van der Waals surface area contributed by atoms with Crippen LogP contribution in [0.2, 0.25) is 0 Å². The third-order valence-electron chi connectivity index (χ3n) is 4.23. The van der Waals surface area contributed by atoms with Crippen molar-refractivity contribution in [2.24, 2.45) is 5.41 Å². The van der Waals surface area contributed by atoms with Crippen molar-refractivity contribution in [1.29, 1.82) is 0 Å². The van der Waals surface area contributed by atoms with Crippen molar-refractivity contribution >= 4 is 23.5 Å². The molecule has 2 aliphatic heterocycles. The number of rotatable bonds is 3. The highest BCUT2D eigenvalue weighted by atomic mass is 32.2. The Balaban J connectivity index is 1.99. The van der Waals surface area contributed by atoms with E-state index < -0.39 is 23.9 Å². The predicted octanol–water partition coefficient (Wildman–Crippen LogP) is -0.481. The maximum Gasteiger partial charge on any atom is 0.222 e. The first-order valence-electron chi connectivity index (χ1n) is 6.76. The Labute approximate surface area is 131 Å². The van der Waals surface area contributed by atoms with E-state index in [-0.39, 0.29) is 19.2 Å². The first-order valence-corrected chi connectivity index (χ1v) is 7.57. The molecule has 3 rings (SSSR count). The number of ether oxygens (including phenoxy) is 1. The summed E-state index contributed by atoms with van der Waals surface area (Å²) in [6.07, 6.45) is -0.957. The van der Waals surface area contributed by atoms with Crippen LogP contribution in [0.4, 0.5) is 11.8 Å². The lowest BCUT2D eigenvalue weighted by molar-refractivity contribution is -0.0346. The molecule has 2 aliphatic rings. The fraction of sp³-hybridized carbons (Fsp3) is 0.538. The molecule has 0 spiro atoms. The summed E-state index contributed by atoms with van der Waals surface area (Å²) in [6.45, 7) is 4.99. The SMILES string of the molecule is C=C1Sc2cnc(N)nc2N1[C@@H]1O[C@H](CO)[C@@](C)(CO)[C@H]1O. The number of aliphatic hydroxyl groups excluding tert-OH is 3. The number of nitrogen functional groups attached to an aromatic ring is 1. The molecule has 0 bridgehead atoms. The highest BCUT2D eigenvalue weighted by Crippen LogP contribution is 2.49. The first kappa shape index (κ1) is 15.5. The molecule has 120 valence electrons. The zero-order chi connectivity index (χ0) is 16.1. The Hall–Kier alpha value is -1.39. The summed E-state index contributed by atoms with van der Waals surface area (Å²) < 4.78 is 5.77. The quantitative estimate of drug-likeness (QED) is 0.582. The van der Waals surface area contributed by atoms with Crippen molar-refractivity contribution in [2.75, 3.05) is 23.8 Å². The molecule has 0 saturated carbocycles. The van der Waals surface area contributed by atoms with Gasteiger partial charge in [-0.05, 0) is 0 Å². The second kappa shape index (κ2) is 5.36. The van der Waals surface area contributed by atoms with E-state index in [2.05, 4.69) is 16.5 Å². The molecule has 3 heterocycles. The monoisotopic (exact) mass is 326 g/mol. The van der Waals surface area contributed by atoms with Crippen LogP contribution in [0.25, 0.3) is 0 Å². The summed E-state index contributed by atoms with van der Waals surface area (Å²) in [7, 11) is 0. The molecule has 1 aromatic heterocycles. The second-order valence-electron chi connectivity index (χ2n) is 5.59. The summed E-state index contributed by atoms with van der Waals surface area (Å²) >= 11 is 1.35. The molecule has 0 aromatic carbocycles. The minimum absolute atomic E-state index is 0.107. The Kier molecular flexibility index (Phi) is 3.77. The molecule has 1 fully saturated rings. The van der Waals surface area contributed by atoms with Gasteiger partial charge in [-0.25, -0.2) is 4.98 Å². The van der Waals surface area contributed by atoms with Crippen molar-refractivity contribution < 1.29 is 20.1 Å². The van der Waals surface area contributed by atoms with Crippen LogP contribution in [-0.4, -0.2) is 56.9 Å². The average molecular weight is 326 g/mol. The van der Waals surface area contributed by atoms with E-state index in [0.29, 0.717) is 10.8 Å². The minimum atomic E-state index is -1.03. The van der Waals surface area contributed by atoms with Gasteiger partial charge in [0.2, 0.25) is 5.95 Å². The largest absolute Gasteiger partial charge is 0.396 e. The second-order valence-corrected chi connectivity index (χ2v) is 6.70. The van der Waals surface area contributed by atoms with E-state index in [0.717, 1.165) is 4.90 Å². The molecule has 0 aliphatic carbocycles. The van der Waals surface area contributed by atoms with Gasteiger partial charge in [0.15, 0.2) is 12.0 Å². The molecule has 1 saturated heterocycles. The van der Waals surface area contributed by atoms with Crippen molar-refractivity contribution in [3.05, 3.63) is 17.8 Å². The lowest BCUT2D eigenvalue weighted by Crippen LogP contribution is -2.46. The highest BCUT2D eigenvalue weighted by molar-refractivity contribution is 8.03. The minimum Gasteiger partial charge on any atom is -0.396 e. The predicted molar refractivity (Wildman–Crippen MR) is 80.9 cm³/mol. The molecule has 0 amide bonds. The zero-order valence-corrected chi connectivity index (χ0v) is 12.8. The Bertz CT molecular complexity index is 616. The fourth-order valence-electron chi connectivity index (χ4n) is 2.74. The molecular weight excluding hydrogens is 308 g/mol. The van der Waals surface area contributed by atoms with Crippen molar-refractivity contribution in [1.82, 2.24) is 9.97 Å². The van der Waals surface area contributed by atoms with E-state index >= 15 is 0 Å². The number of aliphatic hydroxyl groups is 3. The van der Waals surface area contributed by atoms with Crippen LogP contribution in [-0.2, 0) is 4.74 Å². The highest BCUT2D eigenvalue weighted by Gasteiger charge is 2.55. The maximum atomic E-state index is 10.6. The molecule has 22 heavy (non-hydrogen) atoms. The van der Waals surface area contributed by atoms with Crippen LogP contribution in [0.5, 0.6) is 0 Å². The first-order chi connectivity index (χ1) is 10.4. The van der Waals surface area contributed by atoms with Crippen LogP contribution in [0.1, 0.15) is 6.92 Å². The van der Waals surface area contributed by atoms with Crippen LogP contribution in [0, 0.1) is 5.41 Å².